The van der Waals surface area contributed by atoms with Crippen molar-refractivity contribution in [1.82, 2.24) is 0 Å². The minimum Gasteiger partial charge on any atom is -0.457 e. The Morgan fingerprint density at radius 3 is 2.29 bits per heavy atom. The first-order chi connectivity index (χ1) is 13.5. The van der Waals surface area contributed by atoms with Gasteiger partial charge in [0, 0.05) is 4.47 Å². The Bertz CT molecular complexity index is 972. The van der Waals surface area contributed by atoms with E-state index in [4.69, 9.17) is 9.47 Å². The molecular formula is C22H18BrNO4. The summed E-state index contributed by atoms with van der Waals surface area (Å²) in [6.07, 6.45) is 0. The Morgan fingerprint density at radius 2 is 1.61 bits per heavy atom. The van der Waals surface area contributed by atoms with Gasteiger partial charge in [0.25, 0.3) is 5.91 Å². The number of rotatable bonds is 6. The van der Waals surface area contributed by atoms with E-state index < -0.39 is 11.9 Å². The zero-order chi connectivity index (χ0) is 19.9. The molecule has 0 aliphatic rings. The van der Waals surface area contributed by atoms with Crippen LogP contribution in [-0.2, 0) is 9.53 Å². The normalized spacial score (nSPS) is 10.2. The van der Waals surface area contributed by atoms with Crippen LogP contribution in [0.4, 0.5) is 5.69 Å². The van der Waals surface area contributed by atoms with Gasteiger partial charge in [-0.2, -0.15) is 0 Å². The monoisotopic (exact) mass is 439 g/mol. The highest BCUT2D eigenvalue weighted by Gasteiger charge is 2.12. The summed E-state index contributed by atoms with van der Waals surface area (Å²) in [5.74, 6) is 0.313. The number of esters is 1. The highest BCUT2D eigenvalue weighted by Crippen LogP contribution is 2.23. The molecule has 0 heterocycles. The minimum absolute atomic E-state index is 0.338. The highest BCUT2D eigenvalue weighted by atomic mass is 79.9. The highest BCUT2D eigenvalue weighted by molar-refractivity contribution is 9.10. The molecule has 1 amide bonds. The van der Waals surface area contributed by atoms with Crippen molar-refractivity contribution >= 4 is 33.5 Å². The molecule has 0 radical (unpaired) electrons. The van der Waals surface area contributed by atoms with Gasteiger partial charge in [0.05, 0.1) is 11.3 Å². The number of carbonyl (C=O) groups excluding carboxylic acids is 2. The zero-order valence-electron chi connectivity index (χ0n) is 15.1. The van der Waals surface area contributed by atoms with Crippen LogP contribution < -0.4 is 10.1 Å². The van der Waals surface area contributed by atoms with E-state index in [1.54, 1.807) is 30.3 Å². The summed E-state index contributed by atoms with van der Waals surface area (Å²) in [4.78, 5) is 24.1. The maximum absolute atomic E-state index is 12.1. The van der Waals surface area contributed by atoms with Crippen molar-refractivity contribution in [3.05, 3.63) is 88.4 Å². The lowest BCUT2D eigenvalue weighted by molar-refractivity contribution is -0.119. The molecule has 6 heteroatoms. The van der Waals surface area contributed by atoms with Crippen LogP contribution in [0.1, 0.15) is 15.9 Å². The lowest BCUT2D eigenvalue weighted by Gasteiger charge is -2.09. The van der Waals surface area contributed by atoms with E-state index in [1.807, 2.05) is 49.4 Å². The first kappa shape index (κ1) is 19.6. The van der Waals surface area contributed by atoms with Crippen LogP contribution in [0.3, 0.4) is 0 Å². The molecule has 0 atom stereocenters. The van der Waals surface area contributed by atoms with Crippen molar-refractivity contribution in [2.24, 2.45) is 0 Å². The van der Waals surface area contributed by atoms with E-state index in [9.17, 15) is 9.59 Å². The van der Waals surface area contributed by atoms with Crippen LogP contribution in [0.5, 0.6) is 11.5 Å². The molecule has 1 N–H and O–H groups in total. The maximum atomic E-state index is 12.1. The van der Waals surface area contributed by atoms with Gasteiger partial charge >= 0.3 is 5.97 Å². The number of halogens is 1. The van der Waals surface area contributed by atoms with E-state index in [0.717, 1.165) is 10.0 Å². The topological polar surface area (TPSA) is 64.6 Å². The van der Waals surface area contributed by atoms with Crippen LogP contribution in [0.2, 0.25) is 0 Å². The third-order valence-electron chi connectivity index (χ3n) is 3.80. The van der Waals surface area contributed by atoms with Gasteiger partial charge < -0.3 is 14.8 Å². The fourth-order valence-electron chi connectivity index (χ4n) is 2.41. The second kappa shape index (κ2) is 9.19. The van der Waals surface area contributed by atoms with Crippen LogP contribution in [-0.4, -0.2) is 18.5 Å². The SMILES string of the molecule is Cc1ccc(NC(=O)COC(=O)c2ccc(Oc3ccccc3)cc2)c(Br)c1. The first-order valence-corrected chi connectivity index (χ1v) is 9.36. The van der Waals surface area contributed by atoms with E-state index in [2.05, 4.69) is 21.2 Å². The number of anilines is 1. The molecule has 0 unspecified atom stereocenters. The predicted octanol–water partition coefficient (Wildman–Crippen LogP) is 5.35. The van der Waals surface area contributed by atoms with Gasteiger partial charge in [0.2, 0.25) is 0 Å². The summed E-state index contributed by atoms with van der Waals surface area (Å²) < 4.78 is 11.5. The number of nitrogens with one attached hydrogen (secondary N) is 1. The van der Waals surface area contributed by atoms with Crippen LogP contribution >= 0.6 is 15.9 Å². The average Bonchev–Trinajstić information content (AvgIpc) is 2.70. The molecule has 5 nitrogen and oxygen atoms in total. The number of aryl methyl sites for hydroxylation is 1. The van der Waals surface area contributed by atoms with E-state index in [-0.39, 0.29) is 6.61 Å². The first-order valence-electron chi connectivity index (χ1n) is 8.57. The van der Waals surface area contributed by atoms with E-state index >= 15 is 0 Å². The fraction of sp³-hybridized carbons (Fsp3) is 0.0909. The molecule has 3 rings (SSSR count). The average molecular weight is 440 g/mol. The van der Waals surface area contributed by atoms with Crippen molar-refractivity contribution in [3.63, 3.8) is 0 Å². The molecule has 0 bridgehead atoms. The number of benzene rings is 3. The molecule has 0 aliphatic carbocycles. The molecule has 0 saturated heterocycles. The molecule has 28 heavy (non-hydrogen) atoms. The van der Waals surface area contributed by atoms with Crippen molar-refractivity contribution in [2.45, 2.75) is 6.92 Å². The Labute approximate surface area is 171 Å². The molecule has 0 fully saturated rings. The van der Waals surface area contributed by atoms with Gasteiger partial charge in [0.15, 0.2) is 6.61 Å². The second-order valence-corrected chi connectivity index (χ2v) is 6.90. The predicted molar refractivity (Wildman–Crippen MR) is 111 cm³/mol. The molecule has 0 spiro atoms. The van der Waals surface area contributed by atoms with Gasteiger partial charge in [-0.25, -0.2) is 4.79 Å². The molecule has 3 aromatic carbocycles. The van der Waals surface area contributed by atoms with Gasteiger partial charge in [-0.15, -0.1) is 0 Å². The Balaban J connectivity index is 1.52. The summed E-state index contributed by atoms with van der Waals surface area (Å²) in [5.41, 5.74) is 2.02. The molecule has 0 aromatic heterocycles. The Hall–Kier alpha value is -3.12. The standard InChI is InChI=1S/C22H18BrNO4/c1-15-7-12-20(19(23)13-15)24-21(25)14-27-22(26)16-8-10-18(11-9-16)28-17-5-3-2-4-6-17/h2-13H,14H2,1H3,(H,24,25). The minimum atomic E-state index is -0.579. The smallest absolute Gasteiger partial charge is 0.338 e. The third-order valence-corrected chi connectivity index (χ3v) is 4.46. The van der Waals surface area contributed by atoms with Crippen molar-refractivity contribution in [3.8, 4) is 11.5 Å². The van der Waals surface area contributed by atoms with Gasteiger partial charge in [-0.3, -0.25) is 4.79 Å². The van der Waals surface area contributed by atoms with E-state index in [0.29, 0.717) is 22.7 Å². The number of ether oxygens (including phenoxy) is 2. The quantitative estimate of drug-likeness (QED) is 0.526. The summed E-state index contributed by atoms with van der Waals surface area (Å²) in [6.45, 7) is 1.58. The van der Waals surface area contributed by atoms with Crippen molar-refractivity contribution in [1.29, 1.82) is 0 Å². The largest absolute Gasteiger partial charge is 0.457 e. The van der Waals surface area contributed by atoms with Crippen LogP contribution in [0.15, 0.2) is 77.3 Å². The Morgan fingerprint density at radius 1 is 0.929 bits per heavy atom. The Kier molecular flexibility index (Phi) is 6.45. The lowest BCUT2D eigenvalue weighted by Crippen LogP contribution is -2.21. The number of carbonyl (C=O) groups is 2. The van der Waals surface area contributed by atoms with E-state index in [1.165, 1.54) is 0 Å². The van der Waals surface area contributed by atoms with Crippen LogP contribution in [0.25, 0.3) is 0 Å². The second-order valence-electron chi connectivity index (χ2n) is 6.05. The molecule has 0 saturated carbocycles. The fourth-order valence-corrected chi connectivity index (χ4v) is 3.00. The van der Waals surface area contributed by atoms with Crippen LogP contribution in [0, 0.1) is 6.92 Å². The zero-order valence-corrected chi connectivity index (χ0v) is 16.7. The summed E-state index contributed by atoms with van der Waals surface area (Å²) in [7, 11) is 0. The molecule has 0 aliphatic heterocycles. The molecule has 142 valence electrons. The summed E-state index contributed by atoms with van der Waals surface area (Å²) in [6, 6.07) is 21.4. The number of para-hydroxylation sites is 1. The molecule has 3 aromatic rings. The molecular weight excluding hydrogens is 422 g/mol. The van der Waals surface area contributed by atoms with Crippen molar-refractivity contribution < 1.29 is 19.1 Å². The number of amides is 1. The third kappa shape index (κ3) is 5.44. The summed E-state index contributed by atoms with van der Waals surface area (Å²) >= 11 is 3.39. The van der Waals surface area contributed by atoms with Crippen molar-refractivity contribution in [2.75, 3.05) is 11.9 Å². The maximum Gasteiger partial charge on any atom is 0.338 e. The van der Waals surface area contributed by atoms with Gasteiger partial charge in [-0.1, -0.05) is 24.3 Å². The summed E-state index contributed by atoms with van der Waals surface area (Å²) in [5, 5.41) is 2.70. The lowest BCUT2D eigenvalue weighted by atomic mass is 10.2. The van der Waals surface area contributed by atoms with Gasteiger partial charge in [0.1, 0.15) is 11.5 Å². The number of hydrogen-bond acceptors (Lipinski definition) is 4. The van der Waals surface area contributed by atoms with Gasteiger partial charge in [-0.05, 0) is 76.9 Å². The number of hydrogen-bond donors (Lipinski definition) is 1.